The number of piperazine rings is 1. The first-order valence-electron chi connectivity index (χ1n) is 7.95. The zero-order chi connectivity index (χ0) is 17.7. The van der Waals surface area contributed by atoms with E-state index in [4.69, 9.17) is 14.2 Å². The average molecular weight is 336 g/mol. The van der Waals surface area contributed by atoms with Crippen LogP contribution in [-0.2, 0) is 4.74 Å². The smallest absolute Gasteiger partial charge is 0.409 e. The van der Waals surface area contributed by atoms with E-state index in [0.717, 1.165) is 5.56 Å². The molecular formula is C17H24N2O5. The maximum Gasteiger partial charge on any atom is 0.409 e. The van der Waals surface area contributed by atoms with Crippen molar-refractivity contribution in [2.45, 2.75) is 13.8 Å². The number of rotatable bonds is 4. The van der Waals surface area contributed by atoms with E-state index in [-0.39, 0.29) is 12.0 Å². The molecule has 1 aliphatic rings. The predicted molar refractivity (Wildman–Crippen MR) is 88.8 cm³/mol. The minimum Gasteiger partial charge on any atom is -0.496 e. The van der Waals surface area contributed by atoms with Gasteiger partial charge in [0.2, 0.25) is 0 Å². The van der Waals surface area contributed by atoms with E-state index in [1.165, 1.54) is 7.11 Å². The lowest BCUT2D eigenvalue weighted by atomic mass is 10.1. The van der Waals surface area contributed by atoms with Gasteiger partial charge in [-0.15, -0.1) is 0 Å². The molecule has 1 aromatic carbocycles. The van der Waals surface area contributed by atoms with E-state index in [9.17, 15) is 9.59 Å². The quantitative estimate of drug-likeness (QED) is 0.840. The Morgan fingerprint density at radius 3 is 2.12 bits per heavy atom. The fraction of sp³-hybridized carbons (Fsp3) is 0.529. The molecule has 7 heteroatoms. The summed E-state index contributed by atoms with van der Waals surface area (Å²) in [6.45, 7) is 5.83. The third-order valence-corrected chi connectivity index (χ3v) is 4.04. The van der Waals surface area contributed by atoms with Crippen molar-refractivity contribution in [3.63, 3.8) is 0 Å². The highest BCUT2D eigenvalue weighted by atomic mass is 16.6. The van der Waals surface area contributed by atoms with Gasteiger partial charge < -0.3 is 24.0 Å². The highest BCUT2D eigenvalue weighted by Gasteiger charge is 2.27. The molecule has 0 aromatic heterocycles. The average Bonchev–Trinajstić information content (AvgIpc) is 2.61. The van der Waals surface area contributed by atoms with E-state index in [1.54, 1.807) is 36.0 Å². The Morgan fingerprint density at radius 1 is 1.00 bits per heavy atom. The Balaban J connectivity index is 2.12. The van der Waals surface area contributed by atoms with Crippen molar-refractivity contribution in [1.82, 2.24) is 9.80 Å². The number of carbonyl (C=O) groups is 2. The second-order valence-electron chi connectivity index (χ2n) is 5.50. The molecule has 24 heavy (non-hydrogen) atoms. The lowest BCUT2D eigenvalue weighted by molar-refractivity contribution is 0.0567. The molecule has 0 radical (unpaired) electrons. The van der Waals surface area contributed by atoms with Crippen LogP contribution >= 0.6 is 0 Å². The number of amides is 2. The van der Waals surface area contributed by atoms with Crippen LogP contribution in [0, 0.1) is 6.92 Å². The molecule has 0 unspecified atom stereocenters. The predicted octanol–water partition coefficient (Wildman–Crippen LogP) is 1.93. The fourth-order valence-electron chi connectivity index (χ4n) is 2.69. The zero-order valence-corrected chi connectivity index (χ0v) is 14.6. The normalized spacial score (nSPS) is 14.3. The second-order valence-corrected chi connectivity index (χ2v) is 5.50. The van der Waals surface area contributed by atoms with Crippen molar-refractivity contribution in [2.75, 3.05) is 47.0 Å². The molecule has 0 aliphatic carbocycles. The summed E-state index contributed by atoms with van der Waals surface area (Å²) in [6.07, 6.45) is -0.334. The molecule has 1 aliphatic heterocycles. The van der Waals surface area contributed by atoms with Gasteiger partial charge in [-0.25, -0.2) is 4.79 Å². The number of methoxy groups -OCH3 is 2. The number of aryl methyl sites for hydroxylation is 1. The van der Waals surface area contributed by atoms with Gasteiger partial charge in [0, 0.05) is 26.2 Å². The lowest BCUT2D eigenvalue weighted by Gasteiger charge is -2.34. The molecule has 0 bridgehead atoms. The Kier molecular flexibility index (Phi) is 5.89. The fourth-order valence-corrected chi connectivity index (χ4v) is 2.69. The summed E-state index contributed by atoms with van der Waals surface area (Å²) >= 11 is 0. The molecule has 132 valence electrons. The molecule has 2 amide bonds. The Bertz CT molecular complexity index is 609. The van der Waals surface area contributed by atoms with Crippen LogP contribution in [0.3, 0.4) is 0 Å². The van der Waals surface area contributed by atoms with Gasteiger partial charge in [-0.3, -0.25) is 4.79 Å². The Morgan fingerprint density at radius 2 is 1.58 bits per heavy atom. The molecule has 0 spiro atoms. The van der Waals surface area contributed by atoms with Crippen molar-refractivity contribution in [1.29, 1.82) is 0 Å². The number of benzene rings is 1. The number of ether oxygens (including phenoxy) is 3. The van der Waals surface area contributed by atoms with Crippen LogP contribution in [0.25, 0.3) is 0 Å². The number of nitrogens with zero attached hydrogens (tertiary/aromatic N) is 2. The monoisotopic (exact) mass is 336 g/mol. The summed E-state index contributed by atoms with van der Waals surface area (Å²) < 4.78 is 15.6. The van der Waals surface area contributed by atoms with Gasteiger partial charge in [-0.05, 0) is 31.5 Å². The van der Waals surface area contributed by atoms with E-state index in [2.05, 4.69) is 0 Å². The Labute approximate surface area is 142 Å². The SMILES string of the molecule is CCOC(=O)N1CCN(C(=O)c2cc(OC)c(C)cc2OC)CC1. The van der Waals surface area contributed by atoms with E-state index in [1.807, 2.05) is 6.92 Å². The highest BCUT2D eigenvalue weighted by molar-refractivity contribution is 5.97. The minimum atomic E-state index is -0.334. The van der Waals surface area contributed by atoms with Gasteiger partial charge in [0.15, 0.2) is 0 Å². The van der Waals surface area contributed by atoms with Crippen LogP contribution in [0.4, 0.5) is 4.79 Å². The van der Waals surface area contributed by atoms with Crippen molar-refractivity contribution < 1.29 is 23.8 Å². The lowest BCUT2D eigenvalue weighted by Crippen LogP contribution is -2.50. The molecule has 1 aromatic rings. The Hall–Kier alpha value is -2.44. The molecule has 0 N–H and O–H groups in total. The zero-order valence-electron chi connectivity index (χ0n) is 14.6. The van der Waals surface area contributed by atoms with E-state index in [0.29, 0.717) is 49.8 Å². The first-order chi connectivity index (χ1) is 11.5. The number of hydrogen-bond donors (Lipinski definition) is 0. The number of carbonyl (C=O) groups excluding carboxylic acids is 2. The van der Waals surface area contributed by atoms with Gasteiger partial charge in [-0.2, -0.15) is 0 Å². The number of hydrogen-bond acceptors (Lipinski definition) is 5. The van der Waals surface area contributed by atoms with Crippen molar-refractivity contribution >= 4 is 12.0 Å². The molecular weight excluding hydrogens is 312 g/mol. The van der Waals surface area contributed by atoms with Crippen molar-refractivity contribution in [3.8, 4) is 11.5 Å². The largest absolute Gasteiger partial charge is 0.496 e. The van der Waals surface area contributed by atoms with Crippen molar-refractivity contribution in [2.24, 2.45) is 0 Å². The molecule has 2 rings (SSSR count). The van der Waals surface area contributed by atoms with Crippen LogP contribution in [0.1, 0.15) is 22.8 Å². The van der Waals surface area contributed by atoms with Gasteiger partial charge in [0.05, 0.1) is 26.4 Å². The van der Waals surface area contributed by atoms with E-state index >= 15 is 0 Å². The van der Waals surface area contributed by atoms with Crippen LogP contribution in [0.2, 0.25) is 0 Å². The maximum absolute atomic E-state index is 12.8. The molecule has 7 nitrogen and oxygen atoms in total. The third-order valence-electron chi connectivity index (χ3n) is 4.04. The van der Waals surface area contributed by atoms with Crippen LogP contribution < -0.4 is 9.47 Å². The second kappa shape index (κ2) is 7.90. The standard InChI is InChI=1S/C17H24N2O5/c1-5-24-17(21)19-8-6-18(7-9-19)16(20)13-11-14(22-3)12(2)10-15(13)23-4/h10-11H,5-9H2,1-4H3. The summed E-state index contributed by atoms with van der Waals surface area (Å²) in [7, 11) is 3.11. The highest BCUT2D eigenvalue weighted by Crippen LogP contribution is 2.29. The van der Waals surface area contributed by atoms with Crippen LogP contribution in [0.15, 0.2) is 12.1 Å². The van der Waals surface area contributed by atoms with Crippen LogP contribution in [-0.4, -0.2) is 68.8 Å². The van der Waals surface area contributed by atoms with Gasteiger partial charge in [0.25, 0.3) is 5.91 Å². The van der Waals surface area contributed by atoms with Gasteiger partial charge >= 0.3 is 6.09 Å². The summed E-state index contributed by atoms with van der Waals surface area (Å²) in [4.78, 5) is 27.9. The summed E-state index contributed by atoms with van der Waals surface area (Å²) in [5, 5.41) is 0. The van der Waals surface area contributed by atoms with Gasteiger partial charge in [-0.1, -0.05) is 0 Å². The summed E-state index contributed by atoms with van der Waals surface area (Å²) in [6, 6.07) is 3.50. The molecule has 0 atom stereocenters. The summed E-state index contributed by atoms with van der Waals surface area (Å²) in [5.41, 5.74) is 1.36. The molecule has 0 saturated carbocycles. The van der Waals surface area contributed by atoms with Gasteiger partial charge in [0.1, 0.15) is 11.5 Å². The summed E-state index contributed by atoms with van der Waals surface area (Å²) in [5.74, 6) is 1.03. The maximum atomic E-state index is 12.8. The van der Waals surface area contributed by atoms with Crippen molar-refractivity contribution in [3.05, 3.63) is 23.3 Å². The molecule has 1 heterocycles. The third kappa shape index (κ3) is 3.72. The molecule has 1 saturated heterocycles. The first kappa shape index (κ1) is 17.9. The minimum absolute atomic E-state index is 0.131. The topological polar surface area (TPSA) is 68.3 Å². The first-order valence-corrected chi connectivity index (χ1v) is 7.95. The van der Waals surface area contributed by atoms with E-state index < -0.39 is 0 Å². The van der Waals surface area contributed by atoms with Crippen LogP contribution in [0.5, 0.6) is 11.5 Å². The molecule has 1 fully saturated rings.